The van der Waals surface area contributed by atoms with Gasteiger partial charge in [-0.1, -0.05) is 0 Å². The predicted molar refractivity (Wildman–Crippen MR) is 71.9 cm³/mol. The molecule has 1 aromatic heterocycles. The molecule has 1 heterocycles. The van der Waals surface area contributed by atoms with Crippen LogP contribution in [0, 0.1) is 17.0 Å². The monoisotopic (exact) mass is 252 g/mol. The van der Waals surface area contributed by atoms with E-state index in [2.05, 4.69) is 29.0 Å². The normalized spacial score (nSPS) is 11.0. The van der Waals surface area contributed by atoms with Crippen LogP contribution in [0.15, 0.2) is 12.3 Å². The van der Waals surface area contributed by atoms with E-state index < -0.39 is 0 Å². The molecule has 0 amide bonds. The molecule has 0 saturated heterocycles. The van der Waals surface area contributed by atoms with Gasteiger partial charge in [-0.2, -0.15) is 0 Å². The molecule has 0 spiro atoms. The average molecular weight is 252 g/mol. The first-order valence-corrected chi connectivity index (χ1v) is 5.97. The van der Waals surface area contributed by atoms with Crippen LogP contribution in [0.4, 0.5) is 11.5 Å². The molecule has 0 bridgehead atoms. The SMILES string of the molecule is Cc1cnc(NCCN(C)C(C)C)cc1[N+](=O)[O-]. The summed E-state index contributed by atoms with van der Waals surface area (Å²) in [5, 5.41) is 13.9. The highest BCUT2D eigenvalue weighted by atomic mass is 16.6. The van der Waals surface area contributed by atoms with Crippen LogP contribution in [0.2, 0.25) is 0 Å². The number of rotatable bonds is 6. The van der Waals surface area contributed by atoms with Crippen LogP contribution in [0.3, 0.4) is 0 Å². The molecule has 6 nitrogen and oxygen atoms in total. The Bertz CT molecular complexity index is 421. The second-order valence-electron chi connectivity index (χ2n) is 4.61. The first-order chi connectivity index (χ1) is 8.41. The third-order valence-corrected chi connectivity index (χ3v) is 2.92. The van der Waals surface area contributed by atoms with E-state index >= 15 is 0 Å². The van der Waals surface area contributed by atoms with Crippen molar-refractivity contribution >= 4 is 11.5 Å². The van der Waals surface area contributed by atoms with E-state index in [1.54, 1.807) is 6.92 Å². The standard InChI is InChI=1S/C12H20N4O2/c1-9(2)15(4)6-5-13-12-7-11(16(17)18)10(3)8-14-12/h7-9H,5-6H2,1-4H3,(H,13,14). The fraction of sp³-hybridized carbons (Fsp3) is 0.583. The van der Waals surface area contributed by atoms with Gasteiger partial charge in [-0.25, -0.2) is 4.98 Å². The van der Waals surface area contributed by atoms with E-state index in [9.17, 15) is 10.1 Å². The molecule has 18 heavy (non-hydrogen) atoms. The third-order valence-electron chi connectivity index (χ3n) is 2.92. The van der Waals surface area contributed by atoms with Crippen LogP contribution in [0.25, 0.3) is 0 Å². The lowest BCUT2D eigenvalue weighted by Gasteiger charge is -2.21. The van der Waals surface area contributed by atoms with Gasteiger partial charge >= 0.3 is 0 Å². The Labute approximate surface area is 107 Å². The summed E-state index contributed by atoms with van der Waals surface area (Å²) in [6.45, 7) is 7.49. The molecule has 0 atom stereocenters. The zero-order valence-electron chi connectivity index (χ0n) is 11.3. The fourth-order valence-corrected chi connectivity index (χ4v) is 1.43. The minimum atomic E-state index is -0.386. The van der Waals surface area contributed by atoms with E-state index in [-0.39, 0.29) is 10.6 Å². The molecule has 0 aliphatic rings. The fourth-order valence-electron chi connectivity index (χ4n) is 1.43. The van der Waals surface area contributed by atoms with Gasteiger partial charge in [0.25, 0.3) is 5.69 Å². The second kappa shape index (κ2) is 6.30. The molecule has 0 aromatic carbocycles. The van der Waals surface area contributed by atoms with Crippen LogP contribution >= 0.6 is 0 Å². The Morgan fingerprint density at radius 2 is 2.22 bits per heavy atom. The smallest absolute Gasteiger partial charge is 0.277 e. The van der Waals surface area contributed by atoms with Gasteiger partial charge in [0.2, 0.25) is 0 Å². The summed E-state index contributed by atoms with van der Waals surface area (Å²) in [5.74, 6) is 0.546. The zero-order chi connectivity index (χ0) is 13.7. The Kier molecular flexibility index (Phi) is 5.03. The number of hydrogen-bond acceptors (Lipinski definition) is 5. The topological polar surface area (TPSA) is 71.3 Å². The largest absolute Gasteiger partial charge is 0.369 e. The number of anilines is 1. The highest BCUT2D eigenvalue weighted by molar-refractivity contribution is 5.48. The molecule has 0 unspecified atom stereocenters. The summed E-state index contributed by atoms with van der Waals surface area (Å²) < 4.78 is 0. The van der Waals surface area contributed by atoms with Gasteiger partial charge in [0.1, 0.15) is 5.82 Å². The first-order valence-electron chi connectivity index (χ1n) is 5.97. The second-order valence-corrected chi connectivity index (χ2v) is 4.61. The van der Waals surface area contributed by atoms with Gasteiger partial charge in [0.05, 0.1) is 11.0 Å². The molecule has 6 heteroatoms. The van der Waals surface area contributed by atoms with Crippen LogP contribution in [-0.4, -0.2) is 41.0 Å². The van der Waals surface area contributed by atoms with Crippen molar-refractivity contribution in [3.63, 3.8) is 0 Å². The van der Waals surface area contributed by atoms with Gasteiger partial charge in [-0.05, 0) is 27.8 Å². The molecule has 1 N–H and O–H groups in total. The lowest BCUT2D eigenvalue weighted by atomic mass is 10.2. The Hall–Kier alpha value is -1.69. The molecule has 0 aliphatic heterocycles. The molecule has 0 aliphatic carbocycles. The van der Waals surface area contributed by atoms with Gasteiger partial charge < -0.3 is 10.2 Å². The number of aromatic nitrogens is 1. The molecule has 100 valence electrons. The molecule has 0 saturated carbocycles. The zero-order valence-corrected chi connectivity index (χ0v) is 11.3. The number of pyridine rings is 1. The van der Waals surface area contributed by atoms with Gasteiger partial charge in [-0.3, -0.25) is 10.1 Å². The maximum absolute atomic E-state index is 10.8. The summed E-state index contributed by atoms with van der Waals surface area (Å²) >= 11 is 0. The minimum Gasteiger partial charge on any atom is -0.369 e. The molecule has 1 aromatic rings. The Balaban J connectivity index is 2.58. The highest BCUT2D eigenvalue weighted by Gasteiger charge is 2.11. The van der Waals surface area contributed by atoms with Crippen molar-refractivity contribution in [2.45, 2.75) is 26.8 Å². The van der Waals surface area contributed by atoms with Gasteiger partial charge in [0, 0.05) is 30.9 Å². The molecule has 1 rings (SSSR count). The maximum atomic E-state index is 10.8. The number of nitrogens with zero attached hydrogens (tertiary/aromatic N) is 3. The average Bonchev–Trinajstić information content (AvgIpc) is 2.30. The van der Waals surface area contributed by atoms with Crippen molar-refractivity contribution < 1.29 is 4.92 Å². The van der Waals surface area contributed by atoms with Crippen LogP contribution < -0.4 is 5.32 Å². The minimum absolute atomic E-state index is 0.102. The molecular weight excluding hydrogens is 232 g/mol. The predicted octanol–water partition coefficient (Wildman–Crippen LogP) is 2.05. The van der Waals surface area contributed by atoms with E-state index in [1.807, 2.05) is 7.05 Å². The molecule has 0 radical (unpaired) electrons. The number of hydrogen-bond donors (Lipinski definition) is 1. The maximum Gasteiger partial charge on any atom is 0.277 e. The van der Waals surface area contributed by atoms with Crippen molar-refractivity contribution in [3.05, 3.63) is 27.9 Å². The number of nitrogens with one attached hydrogen (secondary N) is 1. The first kappa shape index (κ1) is 14.4. The van der Waals surface area contributed by atoms with E-state index in [0.29, 0.717) is 24.0 Å². The molecular formula is C12H20N4O2. The van der Waals surface area contributed by atoms with E-state index in [0.717, 1.165) is 6.54 Å². The number of nitro groups is 1. The summed E-state index contributed by atoms with van der Waals surface area (Å²) in [6, 6.07) is 1.96. The van der Waals surface area contributed by atoms with Gasteiger partial charge in [0.15, 0.2) is 0 Å². The lowest BCUT2D eigenvalue weighted by molar-refractivity contribution is -0.385. The lowest BCUT2D eigenvalue weighted by Crippen LogP contribution is -2.31. The highest BCUT2D eigenvalue weighted by Crippen LogP contribution is 2.19. The van der Waals surface area contributed by atoms with Gasteiger partial charge in [-0.15, -0.1) is 0 Å². The Morgan fingerprint density at radius 3 is 2.78 bits per heavy atom. The van der Waals surface area contributed by atoms with Crippen molar-refractivity contribution in [3.8, 4) is 0 Å². The molecule has 0 fully saturated rings. The quantitative estimate of drug-likeness (QED) is 0.619. The van der Waals surface area contributed by atoms with Crippen LogP contribution in [-0.2, 0) is 0 Å². The van der Waals surface area contributed by atoms with Crippen LogP contribution in [0.5, 0.6) is 0 Å². The summed E-state index contributed by atoms with van der Waals surface area (Å²) in [4.78, 5) is 16.7. The van der Waals surface area contributed by atoms with Crippen molar-refractivity contribution in [1.29, 1.82) is 0 Å². The number of aryl methyl sites for hydroxylation is 1. The van der Waals surface area contributed by atoms with E-state index in [1.165, 1.54) is 12.3 Å². The summed E-state index contributed by atoms with van der Waals surface area (Å²) in [7, 11) is 2.04. The third kappa shape index (κ3) is 3.96. The van der Waals surface area contributed by atoms with Crippen LogP contribution in [0.1, 0.15) is 19.4 Å². The van der Waals surface area contributed by atoms with E-state index in [4.69, 9.17) is 0 Å². The Morgan fingerprint density at radius 1 is 1.56 bits per heavy atom. The van der Waals surface area contributed by atoms with Crippen molar-refractivity contribution in [2.75, 3.05) is 25.5 Å². The van der Waals surface area contributed by atoms with Crippen molar-refractivity contribution in [1.82, 2.24) is 9.88 Å². The summed E-state index contributed by atoms with van der Waals surface area (Å²) in [5.41, 5.74) is 0.676. The summed E-state index contributed by atoms with van der Waals surface area (Å²) in [6.07, 6.45) is 1.52. The number of likely N-dealkylation sites (N-methyl/N-ethyl adjacent to an activating group) is 1. The van der Waals surface area contributed by atoms with Crippen molar-refractivity contribution in [2.24, 2.45) is 0 Å².